The van der Waals surface area contributed by atoms with E-state index in [1.165, 1.54) is 63.4 Å². The van der Waals surface area contributed by atoms with Crippen LogP contribution in [0.25, 0.3) is 0 Å². The normalized spacial score (nSPS) is 11.0. The summed E-state index contributed by atoms with van der Waals surface area (Å²) in [6, 6.07) is 4.18. The molecule has 2 nitrogen and oxygen atoms in total. The molecule has 0 saturated heterocycles. The standard InChI is InChI=1S/C19H29NO/c21-17-12-10-8-6-4-2-1-3-5-7-9-11-14-19-15-13-16-20-18-19/h6,8,13,15-18H,1-5,7,9-12,14H2/b8-6-. The van der Waals surface area contributed by atoms with Gasteiger partial charge in [0, 0.05) is 18.8 Å². The van der Waals surface area contributed by atoms with E-state index in [-0.39, 0.29) is 0 Å². The molecule has 1 aromatic heterocycles. The largest absolute Gasteiger partial charge is 0.303 e. The van der Waals surface area contributed by atoms with Gasteiger partial charge in [-0.1, -0.05) is 50.3 Å². The van der Waals surface area contributed by atoms with Crippen molar-refractivity contribution >= 4 is 6.29 Å². The van der Waals surface area contributed by atoms with E-state index >= 15 is 0 Å². The minimum Gasteiger partial charge on any atom is -0.303 e. The highest BCUT2D eigenvalue weighted by molar-refractivity contribution is 5.49. The van der Waals surface area contributed by atoms with Crippen LogP contribution < -0.4 is 0 Å². The average molecular weight is 287 g/mol. The Morgan fingerprint density at radius 3 is 2.29 bits per heavy atom. The number of hydrogen-bond acceptors (Lipinski definition) is 2. The Labute approximate surface area is 129 Å². The number of pyridine rings is 1. The second kappa shape index (κ2) is 13.5. The minimum atomic E-state index is 0.662. The average Bonchev–Trinajstić information content (AvgIpc) is 2.53. The molecule has 0 fully saturated rings. The predicted octanol–water partition coefficient (Wildman–Crippen LogP) is 5.28. The quantitative estimate of drug-likeness (QED) is 0.281. The van der Waals surface area contributed by atoms with Crippen LogP contribution in [0.2, 0.25) is 0 Å². The minimum absolute atomic E-state index is 0.662. The number of carbonyl (C=O) groups excluding carboxylic acids is 1. The van der Waals surface area contributed by atoms with Crippen molar-refractivity contribution in [3.05, 3.63) is 42.2 Å². The van der Waals surface area contributed by atoms with Crippen LogP contribution in [0, 0.1) is 0 Å². The topological polar surface area (TPSA) is 30.0 Å². The van der Waals surface area contributed by atoms with Crippen LogP contribution in [-0.4, -0.2) is 11.3 Å². The van der Waals surface area contributed by atoms with E-state index < -0.39 is 0 Å². The molecule has 0 N–H and O–H groups in total. The van der Waals surface area contributed by atoms with E-state index in [0.717, 1.165) is 12.7 Å². The molecule has 1 aromatic rings. The van der Waals surface area contributed by atoms with Crippen molar-refractivity contribution in [2.24, 2.45) is 0 Å². The molecule has 0 radical (unpaired) electrons. The molecule has 0 aliphatic heterocycles. The first-order chi connectivity index (χ1) is 10.4. The Morgan fingerprint density at radius 1 is 0.857 bits per heavy atom. The molecule has 0 bridgehead atoms. The summed E-state index contributed by atoms with van der Waals surface area (Å²) in [6.45, 7) is 0. The maximum Gasteiger partial charge on any atom is 0.120 e. The smallest absolute Gasteiger partial charge is 0.120 e. The summed E-state index contributed by atoms with van der Waals surface area (Å²) in [5.74, 6) is 0. The van der Waals surface area contributed by atoms with Crippen molar-refractivity contribution < 1.29 is 4.79 Å². The molecular weight excluding hydrogens is 258 g/mol. The van der Waals surface area contributed by atoms with Crippen LogP contribution in [0.15, 0.2) is 36.7 Å². The van der Waals surface area contributed by atoms with Crippen molar-refractivity contribution in [3.8, 4) is 0 Å². The summed E-state index contributed by atoms with van der Waals surface area (Å²) in [6.07, 6.45) is 22.4. The van der Waals surface area contributed by atoms with Gasteiger partial charge in [-0.3, -0.25) is 4.98 Å². The fraction of sp³-hybridized carbons (Fsp3) is 0.579. The molecule has 21 heavy (non-hydrogen) atoms. The SMILES string of the molecule is O=CCC/C=C\CCCCCCCCCc1cccnc1. The lowest BCUT2D eigenvalue weighted by atomic mass is 10.0. The molecule has 1 heterocycles. The number of nitrogens with zero attached hydrogens (tertiary/aromatic N) is 1. The zero-order valence-electron chi connectivity index (χ0n) is 13.2. The van der Waals surface area contributed by atoms with Crippen LogP contribution >= 0.6 is 0 Å². The maximum atomic E-state index is 10.1. The highest BCUT2D eigenvalue weighted by atomic mass is 16.1. The Balaban J connectivity index is 1.80. The zero-order valence-corrected chi connectivity index (χ0v) is 13.2. The van der Waals surface area contributed by atoms with Gasteiger partial charge in [0.05, 0.1) is 0 Å². The Bertz CT molecular complexity index is 372. The number of aromatic nitrogens is 1. The highest BCUT2D eigenvalue weighted by Gasteiger charge is 1.94. The van der Waals surface area contributed by atoms with Crippen molar-refractivity contribution in [1.82, 2.24) is 4.98 Å². The van der Waals surface area contributed by atoms with E-state index in [9.17, 15) is 4.79 Å². The van der Waals surface area contributed by atoms with Crippen LogP contribution in [0.4, 0.5) is 0 Å². The van der Waals surface area contributed by atoms with Gasteiger partial charge < -0.3 is 4.79 Å². The van der Waals surface area contributed by atoms with Gasteiger partial charge in [-0.25, -0.2) is 0 Å². The van der Waals surface area contributed by atoms with Crippen molar-refractivity contribution in [1.29, 1.82) is 0 Å². The van der Waals surface area contributed by atoms with Crippen LogP contribution in [-0.2, 0) is 11.2 Å². The molecule has 116 valence electrons. The van der Waals surface area contributed by atoms with Gasteiger partial charge in [-0.05, 0) is 43.7 Å². The molecule has 1 rings (SSSR count). The number of rotatable bonds is 13. The Kier molecular flexibility index (Phi) is 11.4. The molecule has 0 aliphatic carbocycles. The van der Waals surface area contributed by atoms with Crippen LogP contribution in [0.5, 0.6) is 0 Å². The number of unbranched alkanes of at least 4 members (excludes halogenated alkanes) is 8. The molecule has 0 aromatic carbocycles. The van der Waals surface area contributed by atoms with Crippen LogP contribution in [0.1, 0.15) is 69.8 Å². The number of hydrogen-bond donors (Lipinski definition) is 0. The van der Waals surface area contributed by atoms with E-state index in [4.69, 9.17) is 0 Å². The lowest BCUT2D eigenvalue weighted by Gasteiger charge is -2.02. The summed E-state index contributed by atoms with van der Waals surface area (Å²) in [5, 5.41) is 0. The zero-order chi connectivity index (χ0) is 15.0. The number of aldehydes is 1. The first kappa shape index (κ1) is 17.6. The summed E-state index contributed by atoms with van der Waals surface area (Å²) < 4.78 is 0. The van der Waals surface area contributed by atoms with Crippen LogP contribution in [0.3, 0.4) is 0 Å². The number of allylic oxidation sites excluding steroid dienone is 2. The summed E-state index contributed by atoms with van der Waals surface area (Å²) >= 11 is 0. The maximum absolute atomic E-state index is 10.1. The predicted molar refractivity (Wildman–Crippen MR) is 89.3 cm³/mol. The molecular formula is C19H29NO. The Morgan fingerprint density at radius 2 is 1.57 bits per heavy atom. The van der Waals surface area contributed by atoms with Gasteiger partial charge in [-0.2, -0.15) is 0 Å². The van der Waals surface area contributed by atoms with E-state index in [0.29, 0.717) is 6.42 Å². The fourth-order valence-electron chi connectivity index (χ4n) is 2.42. The second-order valence-corrected chi connectivity index (χ2v) is 5.59. The van der Waals surface area contributed by atoms with E-state index in [1.807, 2.05) is 18.5 Å². The third-order valence-corrected chi connectivity index (χ3v) is 3.68. The van der Waals surface area contributed by atoms with Gasteiger partial charge >= 0.3 is 0 Å². The first-order valence-corrected chi connectivity index (χ1v) is 8.41. The van der Waals surface area contributed by atoms with Gasteiger partial charge in [0.25, 0.3) is 0 Å². The second-order valence-electron chi connectivity index (χ2n) is 5.59. The molecule has 0 unspecified atom stereocenters. The molecule has 0 amide bonds. The molecule has 2 heteroatoms. The highest BCUT2D eigenvalue weighted by Crippen LogP contribution is 2.11. The van der Waals surface area contributed by atoms with Crippen molar-refractivity contribution in [2.75, 3.05) is 0 Å². The lowest BCUT2D eigenvalue weighted by Crippen LogP contribution is -1.87. The third kappa shape index (κ3) is 10.9. The lowest BCUT2D eigenvalue weighted by molar-refractivity contribution is -0.107. The monoisotopic (exact) mass is 287 g/mol. The van der Waals surface area contributed by atoms with Crippen molar-refractivity contribution in [2.45, 2.75) is 70.6 Å². The number of carbonyl (C=O) groups is 1. The third-order valence-electron chi connectivity index (χ3n) is 3.68. The van der Waals surface area contributed by atoms with Crippen molar-refractivity contribution in [3.63, 3.8) is 0 Å². The van der Waals surface area contributed by atoms with Gasteiger partial charge in [0.2, 0.25) is 0 Å². The first-order valence-electron chi connectivity index (χ1n) is 8.41. The van der Waals surface area contributed by atoms with Gasteiger partial charge in [0.1, 0.15) is 6.29 Å². The van der Waals surface area contributed by atoms with Gasteiger partial charge in [0.15, 0.2) is 0 Å². The summed E-state index contributed by atoms with van der Waals surface area (Å²) in [7, 11) is 0. The summed E-state index contributed by atoms with van der Waals surface area (Å²) in [4.78, 5) is 14.3. The summed E-state index contributed by atoms with van der Waals surface area (Å²) in [5.41, 5.74) is 1.36. The molecule has 0 saturated carbocycles. The molecule has 0 atom stereocenters. The van der Waals surface area contributed by atoms with E-state index in [2.05, 4.69) is 23.2 Å². The Hall–Kier alpha value is -1.44. The number of aryl methyl sites for hydroxylation is 1. The molecule has 0 aliphatic rings. The fourth-order valence-corrected chi connectivity index (χ4v) is 2.42. The van der Waals surface area contributed by atoms with E-state index in [1.54, 1.807) is 0 Å². The molecule has 0 spiro atoms. The van der Waals surface area contributed by atoms with Gasteiger partial charge in [-0.15, -0.1) is 0 Å².